The number of hydrogen-bond acceptors (Lipinski definition) is 7. The Morgan fingerprint density at radius 2 is 1.81 bits per heavy atom. The van der Waals surface area contributed by atoms with Crippen LogP contribution in [0.15, 0.2) is 53.6 Å². The lowest BCUT2D eigenvalue weighted by Crippen LogP contribution is -2.42. The molecule has 1 N–H and O–H groups in total. The smallest absolute Gasteiger partial charge is 0.263 e. The van der Waals surface area contributed by atoms with Gasteiger partial charge in [-0.2, -0.15) is 10.1 Å². The molecule has 9 nitrogen and oxygen atoms in total. The zero-order chi connectivity index (χ0) is 26.2. The monoisotopic (exact) mass is 559 g/mol. The van der Waals surface area contributed by atoms with Gasteiger partial charge in [-0.25, -0.2) is 23.1 Å². The lowest BCUT2D eigenvalue weighted by Gasteiger charge is -2.31. The highest BCUT2D eigenvalue weighted by Crippen LogP contribution is 2.32. The number of rotatable bonds is 8. The molecule has 0 amide bonds. The standard InChI is InChI=1S/C25H27Cl2N7O2S/c1-3-13-34(33-14-4-5-15-33)25-28-16-19-23(30-32(2)24(19)29-25)17-9-11-18(12-10-17)31-37(35,36)21-8-6-7-20(26)22(21)27/h6-12,16,31H,3-5,13-15H2,1-2H3. The number of sulfonamides is 1. The van der Waals surface area contributed by atoms with Gasteiger partial charge in [0.15, 0.2) is 5.65 Å². The molecule has 0 radical (unpaired) electrons. The normalized spacial score (nSPS) is 14.4. The number of benzene rings is 2. The third-order valence-corrected chi connectivity index (χ3v) is 8.63. The summed E-state index contributed by atoms with van der Waals surface area (Å²) in [5.74, 6) is 0.676. The van der Waals surface area contributed by atoms with Crippen molar-refractivity contribution in [3.8, 4) is 11.3 Å². The Balaban J connectivity index is 1.42. The van der Waals surface area contributed by atoms with Crippen LogP contribution >= 0.6 is 23.2 Å². The fraction of sp³-hybridized carbons (Fsp3) is 0.320. The third kappa shape index (κ3) is 5.11. The SMILES string of the molecule is CCCN(c1ncc2c(-c3ccc(NS(=O)(=O)c4cccc(Cl)c4Cl)cc3)nn(C)c2n1)N1CCCC1. The Morgan fingerprint density at radius 3 is 2.51 bits per heavy atom. The van der Waals surface area contributed by atoms with Gasteiger partial charge in [-0.3, -0.25) is 9.73 Å². The van der Waals surface area contributed by atoms with Gasteiger partial charge < -0.3 is 0 Å². The first-order valence-corrected chi connectivity index (χ1v) is 14.3. The Morgan fingerprint density at radius 1 is 1.08 bits per heavy atom. The van der Waals surface area contributed by atoms with Crippen molar-refractivity contribution in [3.63, 3.8) is 0 Å². The van der Waals surface area contributed by atoms with Crippen LogP contribution in [0.1, 0.15) is 26.2 Å². The van der Waals surface area contributed by atoms with Crippen LogP contribution in [0.25, 0.3) is 22.3 Å². The lowest BCUT2D eigenvalue weighted by molar-refractivity contribution is 0.301. The number of aromatic nitrogens is 4. The molecule has 0 atom stereocenters. The van der Waals surface area contributed by atoms with Crippen molar-refractivity contribution in [1.82, 2.24) is 24.8 Å². The number of nitrogens with zero attached hydrogens (tertiary/aromatic N) is 6. The number of fused-ring (bicyclic) bond motifs is 1. The van der Waals surface area contributed by atoms with Crippen LogP contribution in [0.5, 0.6) is 0 Å². The van der Waals surface area contributed by atoms with E-state index in [9.17, 15) is 8.42 Å². The van der Waals surface area contributed by atoms with Crippen molar-refractivity contribution in [3.05, 3.63) is 58.7 Å². The maximum absolute atomic E-state index is 12.8. The molecule has 0 unspecified atom stereocenters. The molecule has 3 heterocycles. The molecule has 1 aliphatic rings. The summed E-state index contributed by atoms with van der Waals surface area (Å²) in [5.41, 5.74) is 2.66. The van der Waals surface area contributed by atoms with Crippen LogP contribution in [-0.2, 0) is 17.1 Å². The molecule has 194 valence electrons. The Labute approximate surface area is 226 Å². The maximum atomic E-state index is 12.8. The second kappa shape index (κ2) is 10.4. The highest BCUT2D eigenvalue weighted by molar-refractivity contribution is 7.92. The molecule has 0 bridgehead atoms. The average Bonchev–Trinajstić information content (AvgIpc) is 3.53. The van der Waals surface area contributed by atoms with Gasteiger partial charge in [0.05, 0.1) is 15.4 Å². The van der Waals surface area contributed by atoms with Crippen molar-refractivity contribution in [2.45, 2.75) is 31.1 Å². The minimum Gasteiger partial charge on any atom is -0.280 e. The first kappa shape index (κ1) is 25.7. The Hall–Kier alpha value is -2.92. The van der Waals surface area contributed by atoms with E-state index in [1.165, 1.54) is 31.0 Å². The number of anilines is 2. The number of hydrazine groups is 1. The van der Waals surface area contributed by atoms with Gasteiger partial charge in [-0.15, -0.1) is 0 Å². The molecule has 0 saturated carbocycles. The summed E-state index contributed by atoms with van der Waals surface area (Å²) >= 11 is 12.1. The van der Waals surface area contributed by atoms with E-state index in [-0.39, 0.29) is 14.9 Å². The number of nitrogens with one attached hydrogen (secondary N) is 1. The molecule has 12 heteroatoms. The molecule has 5 rings (SSSR count). The van der Waals surface area contributed by atoms with Crippen LogP contribution in [0.2, 0.25) is 10.0 Å². The molecule has 1 fully saturated rings. The quantitative estimate of drug-likeness (QED) is 0.310. The molecule has 1 saturated heterocycles. The first-order chi connectivity index (χ1) is 17.8. The summed E-state index contributed by atoms with van der Waals surface area (Å²) < 4.78 is 30.0. The molecular formula is C25H27Cl2N7O2S. The number of halogens is 2. The van der Waals surface area contributed by atoms with Crippen LogP contribution in [0.4, 0.5) is 11.6 Å². The molecule has 2 aromatic carbocycles. The topological polar surface area (TPSA) is 96.2 Å². The van der Waals surface area contributed by atoms with Gasteiger partial charge in [-0.05, 0) is 43.5 Å². The van der Waals surface area contributed by atoms with Crippen LogP contribution in [0, 0.1) is 0 Å². The van der Waals surface area contributed by atoms with E-state index in [0.717, 1.165) is 48.3 Å². The largest absolute Gasteiger partial charge is 0.280 e. The summed E-state index contributed by atoms with van der Waals surface area (Å²) in [6, 6.07) is 11.5. The Kier molecular flexibility index (Phi) is 7.26. The minimum absolute atomic E-state index is 0.0187. The van der Waals surface area contributed by atoms with E-state index in [1.807, 2.05) is 13.2 Å². The van der Waals surface area contributed by atoms with Crippen LogP contribution in [0.3, 0.4) is 0 Å². The predicted molar refractivity (Wildman–Crippen MR) is 147 cm³/mol. The molecule has 2 aromatic heterocycles. The predicted octanol–water partition coefficient (Wildman–Crippen LogP) is 5.37. The fourth-order valence-electron chi connectivity index (χ4n) is 4.49. The van der Waals surface area contributed by atoms with Gasteiger partial charge in [0, 0.05) is 44.1 Å². The second-order valence-electron chi connectivity index (χ2n) is 8.90. The van der Waals surface area contributed by atoms with E-state index in [0.29, 0.717) is 11.6 Å². The van der Waals surface area contributed by atoms with Gasteiger partial charge in [0.25, 0.3) is 10.0 Å². The van der Waals surface area contributed by atoms with Crippen molar-refractivity contribution in [1.29, 1.82) is 0 Å². The number of hydrogen-bond donors (Lipinski definition) is 1. The summed E-state index contributed by atoms with van der Waals surface area (Å²) in [6.07, 6.45) is 5.16. The lowest BCUT2D eigenvalue weighted by atomic mass is 10.1. The summed E-state index contributed by atoms with van der Waals surface area (Å²) in [4.78, 5) is 9.46. The van der Waals surface area contributed by atoms with Crippen LogP contribution < -0.4 is 9.73 Å². The molecule has 4 aromatic rings. The second-order valence-corrected chi connectivity index (χ2v) is 11.3. The fourth-order valence-corrected chi connectivity index (χ4v) is 6.31. The summed E-state index contributed by atoms with van der Waals surface area (Å²) in [5, 5.41) is 10.2. The molecular weight excluding hydrogens is 533 g/mol. The highest BCUT2D eigenvalue weighted by atomic mass is 35.5. The van der Waals surface area contributed by atoms with Crippen molar-refractivity contribution >= 4 is 55.9 Å². The van der Waals surface area contributed by atoms with E-state index >= 15 is 0 Å². The first-order valence-electron chi connectivity index (χ1n) is 12.1. The Bertz CT molecular complexity index is 1530. The average molecular weight is 561 g/mol. The maximum Gasteiger partial charge on any atom is 0.263 e. The molecule has 1 aliphatic heterocycles. The van der Waals surface area contributed by atoms with Gasteiger partial charge in [0.2, 0.25) is 5.95 Å². The zero-order valence-electron chi connectivity index (χ0n) is 20.5. The number of aryl methyl sites for hydroxylation is 1. The van der Waals surface area contributed by atoms with Gasteiger partial charge in [0.1, 0.15) is 10.6 Å². The van der Waals surface area contributed by atoms with Gasteiger partial charge >= 0.3 is 0 Å². The van der Waals surface area contributed by atoms with Gasteiger partial charge in [-0.1, -0.05) is 48.3 Å². The van der Waals surface area contributed by atoms with Crippen molar-refractivity contribution < 1.29 is 8.42 Å². The molecule has 0 spiro atoms. The van der Waals surface area contributed by atoms with E-state index in [1.54, 1.807) is 28.9 Å². The van der Waals surface area contributed by atoms with Crippen LogP contribution in [-0.4, -0.2) is 52.8 Å². The minimum atomic E-state index is -3.91. The van der Waals surface area contributed by atoms with Crippen molar-refractivity contribution in [2.24, 2.45) is 7.05 Å². The third-order valence-electron chi connectivity index (χ3n) is 6.27. The zero-order valence-corrected chi connectivity index (χ0v) is 22.9. The van der Waals surface area contributed by atoms with E-state index in [2.05, 4.69) is 31.7 Å². The molecule has 0 aliphatic carbocycles. The summed E-state index contributed by atoms with van der Waals surface area (Å²) in [6.45, 7) is 5.03. The molecule has 37 heavy (non-hydrogen) atoms. The summed E-state index contributed by atoms with van der Waals surface area (Å²) in [7, 11) is -2.05. The van der Waals surface area contributed by atoms with E-state index in [4.69, 9.17) is 28.2 Å². The highest BCUT2D eigenvalue weighted by Gasteiger charge is 2.23. The van der Waals surface area contributed by atoms with Crippen molar-refractivity contribution in [2.75, 3.05) is 29.4 Å². The van der Waals surface area contributed by atoms with E-state index < -0.39 is 10.0 Å².